The van der Waals surface area contributed by atoms with Crippen molar-refractivity contribution in [2.75, 3.05) is 12.5 Å². The van der Waals surface area contributed by atoms with E-state index < -0.39 is 47.9 Å². The Morgan fingerprint density at radius 3 is 2.50 bits per heavy atom. The van der Waals surface area contributed by atoms with Crippen molar-refractivity contribution in [1.29, 1.82) is 0 Å². The van der Waals surface area contributed by atoms with Crippen molar-refractivity contribution in [2.24, 2.45) is 0 Å². The van der Waals surface area contributed by atoms with Gasteiger partial charge in [-0.25, -0.2) is 4.39 Å². The lowest BCUT2D eigenvalue weighted by Crippen LogP contribution is -2.48. The Balaban J connectivity index is 2.53. The molecule has 0 saturated carbocycles. The molecule has 1 rings (SSSR count). The third-order valence-corrected chi connectivity index (χ3v) is 2.94. The van der Waals surface area contributed by atoms with E-state index in [0.717, 1.165) is 0 Å². The molecule has 10 heteroatoms. The van der Waals surface area contributed by atoms with Gasteiger partial charge in [-0.1, -0.05) is 12.1 Å². The number of amides is 1. The molecule has 0 bridgehead atoms. The molecule has 0 heterocycles. The lowest BCUT2D eigenvalue weighted by molar-refractivity contribution is -0.143. The number of hydrogen-bond donors (Lipinski definition) is 2. The molecule has 0 saturated heterocycles. The Kier molecular flexibility index (Phi) is 8.02. The highest BCUT2D eigenvalue weighted by atomic mass is 32.2. The summed E-state index contributed by atoms with van der Waals surface area (Å²) in [5.74, 6) is -1.73. The summed E-state index contributed by atoms with van der Waals surface area (Å²) in [6.45, 7) is -3.73. The second-order valence-corrected chi connectivity index (χ2v) is 5.04. The summed E-state index contributed by atoms with van der Waals surface area (Å²) in [5, 5.41) is 4.69. The second-order valence-electron chi connectivity index (χ2n) is 4.14. The number of rotatable bonds is 9. The predicted octanol–water partition coefficient (Wildman–Crippen LogP) is 0.476. The quantitative estimate of drug-likeness (QED) is 0.639. The van der Waals surface area contributed by atoms with E-state index in [1.807, 2.05) is 0 Å². The molecular weight excluding hydrogens is 325 g/mol. The summed E-state index contributed by atoms with van der Waals surface area (Å²) in [4.78, 5) is 11.8. The standard InChI is InChI=1S/C12H15F3N2O4S/c13-9-3-1-8(2-4-9)5-16-11(18)10(6-21-12(14)15)17-7-22(19)20/h1-4,10,12,17H,5-7H2,(H,16,18)(H,19,20)/p-1. The first-order valence-corrected chi connectivity index (χ1v) is 7.34. The van der Waals surface area contributed by atoms with Crippen LogP contribution >= 0.6 is 0 Å². The van der Waals surface area contributed by atoms with Gasteiger partial charge in [0.1, 0.15) is 11.9 Å². The second kappa shape index (κ2) is 9.51. The van der Waals surface area contributed by atoms with E-state index in [-0.39, 0.29) is 6.54 Å². The van der Waals surface area contributed by atoms with Crippen LogP contribution in [-0.4, -0.2) is 39.8 Å². The molecule has 2 atom stereocenters. The summed E-state index contributed by atoms with van der Waals surface area (Å²) < 4.78 is 61.7. The molecule has 0 aliphatic rings. The van der Waals surface area contributed by atoms with Gasteiger partial charge in [-0.2, -0.15) is 8.78 Å². The minimum Gasteiger partial charge on any atom is -0.771 e. The molecule has 0 aliphatic carbocycles. The van der Waals surface area contributed by atoms with Gasteiger partial charge < -0.3 is 14.6 Å². The number of benzene rings is 1. The van der Waals surface area contributed by atoms with Crippen LogP contribution in [0.2, 0.25) is 0 Å². The van der Waals surface area contributed by atoms with Crippen LogP contribution in [-0.2, 0) is 27.2 Å². The first kappa shape index (κ1) is 18.6. The maximum atomic E-state index is 12.7. The zero-order valence-electron chi connectivity index (χ0n) is 11.3. The van der Waals surface area contributed by atoms with Gasteiger partial charge in [0, 0.05) is 6.54 Å². The molecule has 1 aromatic carbocycles. The minimum absolute atomic E-state index is 0.0342. The zero-order valence-corrected chi connectivity index (χ0v) is 12.1. The fourth-order valence-corrected chi connectivity index (χ4v) is 1.82. The molecule has 0 fully saturated rings. The van der Waals surface area contributed by atoms with E-state index in [1.165, 1.54) is 24.3 Å². The Labute approximate surface area is 127 Å². The first-order valence-electron chi connectivity index (χ1n) is 6.09. The van der Waals surface area contributed by atoms with Crippen molar-refractivity contribution in [3.8, 4) is 0 Å². The van der Waals surface area contributed by atoms with Crippen molar-refractivity contribution < 1.29 is 31.5 Å². The molecule has 2 unspecified atom stereocenters. The molecule has 1 amide bonds. The molecule has 0 radical (unpaired) electrons. The van der Waals surface area contributed by atoms with Gasteiger partial charge >= 0.3 is 6.61 Å². The molecule has 124 valence electrons. The molecule has 6 nitrogen and oxygen atoms in total. The third kappa shape index (κ3) is 7.50. The molecular formula is C12H14F3N2O4S-. The largest absolute Gasteiger partial charge is 0.771 e. The van der Waals surface area contributed by atoms with Crippen molar-refractivity contribution in [3.63, 3.8) is 0 Å². The summed E-state index contributed by atoms with van der Waals surface area (Å²) in [7, 11) is 0. The van der Waals surface area contributed by atoms with Crippen LogP contribution in [0.15, 0.2) is 24.3 Å². The maximum absolute atomic E-state index is 12.7. The monoisotopic (exact) mass is 339 g/mol. The third-order valence-electron chi connectivity index (χ3n) is 2.53. The number of ether oxygens (including phenoxy) is 1. The highest BCUT2D eigenvalue weighted by Gasteiger charge is 2.19. The highest BCUT2D eigenvalue weighted by Crippen LogP contribution is 2.03. The molecule has 22 heavy (non-hydrogen) atoms. The van der Waals surface area contributed by atoms with E-state index in [0.29, 0.717) is 5.56 Å². The van der Waals surface area contributed by atoms with Crippen molar-refractivity contribution >= 4 is 17.0 Å². The summed E-state index contributed by atoms with van der Waals surface area (Å²) >= 11 is -2.49. The van der Waals surface area contributed by atoms with Crippen molar-refractivity contribution in [2.45, 2.75) is 19.2 Å². The van der Waals surface area contributed by atoms with Gasteiger partial charge in [-0.05, 0) is 28.8 Å². The lowest BCUT2D eigenvalue weighted by Gasteiger charge is -2.19. The smallest absolute Gasteiger partial charge is 0.345 e. The van der Waals surface area contributed by atoms with Crippen LogP contribution in [0.25, 0.3) is 0 Å². The van der Waals surface area contributed by atoms with Crippen LogP contribution in [0.4, 0.5) is 13.2 Å². The Hall–Kier alpha value is -1.49. The summed E-state index contributed by atoms with van der Waals surface area (Å²) in [6.07, 6.45) is 0. The summed E-state index contributed by atoms with van der Waals surface area (Å²) in [6, 6.07) is 4.04. The van der Waals surface area contributed by atoms with Crippen molar-refractivity contribution in [1.82, 2.24) is 10.6 Å². The Morgan fingerprint density at radius 1 is 1.32 bits per heavy atom. The maximum Gasteiger partial charge on any atom is 0.345 e. The minimum atomic E-state index is -3.08. The Bertz CT molecular complexity index is 502. The highest BCUT2D eigenvalue weighted by molar-refractivity contribution is 7.79. The van der Waals surface area contributed by atoms with Gasteiger partial charge in [0.05, 0.1) is 12.5 Å². The van der Waals surface area contributed by atoms with Crippen LogP contribution in [0, 0.1) is 5.82 Å². The molecule has 1 aromatic rings. The number of carbonyl (C=O) groups excluding carboxylic acids is 1. The fourth-order valence-electron chi connectivity index (χ4n) is 1.48. The molecule has 0 aliphatic heterocycles. The van der Waals surface area contributed by atoms with Gasteiger partial charge in [-0.3, -0.25) is 14.3 Å². The number of carbonyl (C=O) groups is 1. The average Bonchev–Trinajstić information content (AvgIpc) is 2.46. The average molecular weight is 339 g/mol. The molecule has 0 spiro atoms. The normalized spacial score (nSPS) is 13.9. The van der Waals surface area contributed by atoms with Gasteiger partial charge in [0.25, 0.3) is 0 Å². The van der Waals surface area contributed by atoms with E-state index in [2.05, 4.69) is 15.4 Å². The number of alkyl halides is 2. The lowest BCUT2D eigenvalue weighted by atomic mass is 10.2. The number of halogens is 3. The van der Waals surface area contributed by atoms with Crippen LogP contribution < -0.4 is 10.6 Å². The Morgan fingerprint density at radius 2 is 1.95 bits per heavy atom. The molecule has 0 aromatic heterocycles. The van der Waals surface area contributed by atoms with E-state index in [4.69, 9.17) is 0 Å². The van der Waals surface area contributed by atoms with Gasteiger partial charge in [0.2, 0.25) is 5.91 Å². The van der Waals surface area contributed by atoms with Crippen molar-refractivity contribution in [3.05, 3.63) is 35.6 Å². The van der Waals surface area contributed by atoms with E-state index >= 15 is 0 Å². The predicted molar refractivity (Wildman–Crippen MR) is 70.9 cm³/mol. The number of hydrogen-bond acceptors (Lipinski definition) is 5. The zero-order chi connectivity index (χ0) is 16.5. The molecule has 2 N–H and O–H groups in total. The van der Waals surface area contributed by atoms with E-state index in [9.17, 15) is 26.7 Å². The SMILES string of the molecule is O=C(NCc1ccc(F)cc1)C(COC(F)F)NCS(=O)[O-]. The fraction of sp³-hybridized carbons (Fsp3) is 0.417. The summed E-state index contributed by atoms with van der Waals surface area (Å²) in [5.41, 5.74) is 0.593. The van der Waals surface area contributed by atoms with Crippen LogP contribution in [0.5, 0.6) is 0 Å². The first-order chi connectivity index (χ1) is 10.4. The topological polar surface area (TPSA) is 90.5 Å². The van der Waals surface area contributed by atoms with Gasteiger partial charge in [-0.15, -0.1) is 0 Å². The van der Waals surface area contributed by atoms with E-state index in [1.54, 1.807) is 0 Å². The number of nitrogens with one attached hydrogen (secondary N) is 2. The van der Waals surface area contributed by atoms with Crippen LogP contribution in [0.3, 0.4) is 0 Å². The van der Waals surface area contributed by atoms with Crippen LogP contribution in [0.1, 0.15) is 5.56 Å². The van der Waals surface area contributed by atoms with Gasteiger partial charge in [0.15, 0.2) is 0 Å².